The molecule has 4 N–H and O–H groups in total. The van der Waals surface area contributed by atoms with Crippen LogP contribution in [0, 0.1) is 5.82 Å². The van der Waals surface area contributed by atoms with Gasteiger partial charge in [0.05, 0.1) is 34.5 Å². The Balaban J connectivity index is 2.08. The van der Waals surface area contributed by atoms with Crippen LogP contribution in [0.2, 0.25) is 0 Å². The molecule has 0 aliphatic heterocycles. The molecule has 2 unspecified atom stereocenters. The standard InChI is InChI=1S/C19H20BrF4N3O4S/c1-27-8-14(26-32(31)18(4-5-18)7-11(29)9-28)16(15(17(27)30)19(22,23)24)25-13-3-2-10(20)6-12(13)21/h2-3,6,8,11,25-26,28-29H,4-5,7,9H2,1H3. The largest absolute Gasteiger partial charge is 0.423 e. The topological polar surface area (TPSA) is 104 Å². The van der Waals surface area contributed by atoms with E-state index in [-0.39, 0.29) is 17.8 Å². The first-order chi connectivity index (χ1) is 14.9. The molecule has 1 aromatic heterocycles. The molecule has 32 heavy (non-hydrogen) atoms. The van der Waals surface area contributed by atoms with Gasteiger partial charge in [0.1, 0.15) is 22.4 Å². The fourth-order valence-corrected chi connectivity index (χ4v) is 4.96. The van der Waals surface area contributed by atoms with Crippen molar-refractivity contribution in [2.45, 2.75) is 36.3 Å². The van der Waals surface area contributed by atoms with Crippen molar-refractivity contribution in [3.05, 3.63) is 50.6 Å². The smallest absolute Gasteiger partial charge is 0.394 e. The molecule has 176 valence electrons. The summed E-state index contributed by atoms with van der Waals surface area (Å²) in [6, 6.07) is 3.63. The van der Waals surface area contributed by atoms with Gasteiger partial charge in [-0.2, -0.15) is 13.2 Å². The molecular formula is C19H20BrF4N3O4S. The second kappa shape index (κ2) is 9.12. The van der Waals surface area contributed by atoms with Gasteiger partial charge in [-0.15, -0.1) is 0 Å². The van der Waals surface area contributed by atoms with Gasteiger partial charge in [0.25, 0.3) is 5.56 Å². The third-order valence-electron chi connectivity index (χ3n) is 5.07. The lowest BCUT2D eigenvalue weighted by atomic mass is 10.1. The maximum Gasteiger partial charge on any atom is 0.423 e. The third-order valence-corrected chi connectivity index (χ3v) is 7.33. The summed E-state index contributed by atoms with van der Waals surface area (Å²) in [5.41, 5.74) is -4.37. The molecule has 2 aromatic rings. The van der Waals surface area contributed by atoms with Crippen LogP contribution < -0.4 is 15.6 Å². The Bertz CT molecular complexity index is 1110. The average molecular weight is 542 g/mol. The lowest BCUT2D eigenvalue weighted by Gasteiger charge is -2.23. The molecule has 1 fully saturated rings. The van der Waals surface area contributed by atoms with Crippen molar-refractivity contribution in [2.75, 3.05) is 16.6 Å². The summed E-state index contributed by atoms with van der Waals surface area (Å²) in [6.07, 6.45) is -4.37. The maximum absolute atomic E-state index is 14.3. The quantitative estimate of drug-likeness (QED) is 0.383. The number of rotatable bonds is 8. The fraction of sp³-hybridized carbons (Fsp3) is 0.421. The highest BCUT2D eigenvalue weighted by Crippen LogP contribution is 2.47. The predicted molar refractivity (Wildman–Crippen MR) is 116 cm³/mol. The first kappa shape index (κ1) is 24.7. The number of halogens is 5. The monoisotopic (exact) mass is 541 g/mol. The summed E-state index contributed by atoms with van der Waals surface area (Å²) in [5, 5.41) is 21.1. The van der Waals surface area contributed by atoms with E-state index in [0.717, 1.165) is 19.3 Å². The van der Waals surface area contributed by atoms with Crippen LogP contribution in [0.3, 0.4) is 0 Å². The van der Waals surface area contributed by atoms with Gasteiger partial charge in [-0.1, -0.05) is 15.9 Å². The van der Waals surface area contributed by atoms with Gasteiger partial charge in [-0.05, 0) is 37.5 Å². The van der Waals surface area contributed by atoms with Crippen LogP contribution in [0.4, 0.5) is 34.6 Å². The number of aliphatic hydroxyl groups excluding tert-OH is 2. The van der Waals surface area contributed by atoms with E-state index < -0.39 is 57.2 Å². The van der Waals surface area contributed by atoms with E-state index in [9.17, 15) is 31.7 Å². The Morgan fingerprint density at radius 3 is 2.50 bits per heavy atom. The Hall–Kier alpha value is -1.96. The first-order valence-electron chi connectivity index (χ1n) is 9.38. The van der Waals surface area contributed by atoms with Crippen LogP contribution >= 0.6 is 15.9 Å². The molecule has 13 heteroatoms. The van der Waals surface area contributed by atoms with Crippen LogP contribution in [0.1, 0.15) is 24.8 Å². The number of anilines is 3. The summed E-state index contributed by atoms with van der Waals surface area (Å²) >= 11 is 3.06. The van der Waals surface area contributed by atoms with Crippen LogP contribution in [-0.2, 0) is 24.2 Å². The molecular weight excluding hydrogens is 522 g/mol. The SMILES string of the molecule is Cn1cc(NS(=O)C2(CC(O)CO)CC2)c(Nc2ccc(Br)cc2F)c(C(F)(F)F)c1=O. The summed E-state index contributed by atoms with van der Waals surface area (Å²) < 4.78 is 71.4. The number of hydrogen-bond donors (Lipinski definition) is 4. The number of benzene rings is 1. The van der Waals surface area contributed by atoms with Gasteiger partial charge in [0, 0.05) is 17.7 Å². The van der Waals surface area contributed by atoms with E-state index in [0.29, 0.717) is 21.9 Å². The number of aryl methyl sites for hydroxylation is 1. The van der Waals surface area contributed by atoms with Crippen LogP contribution in [-0.4, -0.2) is 36.4 Å². The number of alkyl halides is 3. The van der Waals surface area contributed by atoms with Gasteiger partial charge in [0.2, 0.25) is 0 Å². The summed E-state index contributed by atoms with van der Waals surface area (Å²) in [4.78, 5) is 12.3. The molecule has 2 atom stereocenters. The highest BCUT2D eigenvalue weighted by Gasteiger charge is 2.50. The van der Waals surface area contributed by atoms with Crippen LogP contribution in [0.5, 0.6) is 0 Å². The van der Waals surface area contributed by atoms with Crippen molar-refractivity contribution in [2.24, 2.45) is 7.05 Å². The van der Waals surface area contributed by atoms with Crippen molar-refractivity contribution >= 4 is 44.0 Å². The molecule has 1 aromatic carbocycles. The van der Waals surface area contributed by atoms with E-state index in [1.165, 1.54) is 12.1 Å². The van der Waals surface area contributed by atoms with Crippen molar-refractivity contribution < 1.29 is 32.0 Å². The summed E-state index contributed by atoms with van der Waals surface area (Å²) in [5.74, 6) is -0.870. The Kier molecular flexibility index (Phi) is 7.03. The molecule has 0 bridgehead atoms. The zero-order valence-electron chi connectivity index (χ0n) is 16.7. The second-order valence-corrected chi connectivity index (χ2v) is 10.1. The zero-order valence-corrected chi connectivity index (χ0v) is 19.1. The van der Waals surface area contributed by atoms with Gasteiger partial charge >= 0.3 is 6.18 Å². The molecule has 0 radical (unpaired) electrons. The minimum atomic E-state index is -5.09. The van der Waals surface area contributed by atoms with Crippen molar-refractivity contribution in [3.63, 3.8) is 0 Å². The number of nitrogens with zero attached hydrogens (tertiary/aromatic N) is 1. The van der Waals surface area contributed by atoms with Crippen LogP contribution in [0.25, 0.3) is 0 Å². The van der Waals surface area contributed by atoms with Gasteiger partial charge in [0.15, 0.2) is 0 Å². The van der Waals surface area contributed by atoms with Gasteiger partial charge in [-0.25, -0.2) is 8.60 Å². The van der Waals surface area contributed by atoms with Crippen molar-refractivity contribution in [1.82, 2.24) is 4.57 Å². The lowest BCUT2D eigenvalue weighted by molar-refractivity contribution is -0.138. The van der Waals surface area contributed by atoms with E-state index in [1.807, 2.05) is 0 Å². The van der Waals surface area contributed by atoms with E-state index >= 15 is 0 Å². The van der Waals surface area contributed by atoms with Crippen molar-refractivity contribution in [3.8, 4) is 0 Å². The van der Waals surface area contributed by atoms with E-state index in [4.69, 9.17) is 5.11 Å². The highest BCUT2D eigenvalue weighted by atomic mass is 79.9. The maximum atomic E-state index is 14.3. The third kappa shape index (κ3) is 5.16. The molecule has 3 rings (SSSR count). The van der Waals surface area contributed by atoms with Crippen LogP contribution in [0.15, 0.2) is 33.7 Å². The fourth-order valence-electron chi connectivity index (χ4n) is 3.24. The molecule has 1 aliphatic rings. The Morgan fingerprint density at radius 1 is 1.31 bits per heavy atom. The molecule has 1 saturated carbocycles. The number of nitrogens with one attached hydrogen (secondary N) is 2. The molecule has 1 heterocycles. The summed E-state index contributed by atoms with van der Waals surface area (Å²) in [6.45, 7) is -0.549. The zero-order chi connectivity index (χ0) is 23.8. The average Bonchev–Trinajstić information content (AvgIpc) is 3.47. The highest BCUT2D eigenvalue weighted by molar-refractivity contribution is 9.10. The van der Waals surface area contributed by atoms with Crippen molar-refractivity contribution in [1.29, 1.82) is 0 Å². The second-order valence-electron chi connectivity index (χ2n) is 7.55. The minimum Gasteiger partial charge on any atom is -0.394 e. The van der Waals surface area contributed by atoms with Gasteiger partial charge < -0.3 is 24.8 Å². The lowest BCUT2D eigenvalue weighted by Crippen LogP contribution is -2.32. The minimum absolute atomic E-state index is 0.0227. The molecule has 0 saturated heterocycles. The molecule has 7 nitrogen and oxygen atoms in total. The number of pyridine rings is 1. The van der Waals surface area contributed by atoms with Gasteiger partial charge in [-0.3, -0.25) is 4.79 Å². The number of aliphatic hydroxyl groups is 2. The number of hydrogen-bond acceptors (Lipinski definition) is 5. The summed E-state index contributed by atoms with van der Waals surface area (Å²) in [7, 11) is -0.856. The molecule has 0 amide bonds. The van der Waals surface area contributed by atoms with E-state index in [1.54, 1.807) is 0 Å². The molecule has 0 spiro atoms. The molecule has 1 aliphatic carbocycles. The Morgan fingerprint density at radius 2 is 1.97 bits per heavy atom. The predicted octanol–water partition coefficient (Wildman–Crippen LogP) is 3.40. The number of aromatic nitrogens is 1. The normalized spacial score (nSPS) is 17.0. The van der Waals surface area contributed by atoms with E-state index in [2.05, 4.69) is 26.0 Å². The first-order valence-corrected chi connectivity index (χ1v) is 11.3. The Labute approximate surface area is 191 Å².